The second kappa shape index (κ2) is 9.69. The van der Waals surface area contributed by atoms with Gasteiger partial charge < -0.3 is 14.6 Å². The van der Waals surface area contributed by atoms with Gasteiger partial charge >= 0.3 is 0 Å². The zero-order valence-electron chi connectivity index (χ0n) is 17.2. The lowest BCUT2D eigenvalue weighted by Crippen LogP contribution is -2.41. The second-order valence-corrected chi connectivity index (χ2v) is 8.95. The summed E-state index contributed by atoms with van der Waals surface area (Å²) in [5, 5.41) is 12.3. The Kier molecular flexibility index (Phi) is 7.26. The van der Waals surface area contributed by atoms with Crippen molar-refractivity contribution in [1.29, 1.82) is 0 Å². The summed E-state index contributed by atoms with van der Waals surface area (Å²) >= 11 is 1.36. The maximum atomic E-state index is 13.3. The smallest absolute Gasteiger partial charge is 0.230 e. The maximum Gasteiger partial charge on any atom is 0.230 e. The van der Waals surface area contributed by atoms with Gasteiger partial charge in [-0.3, -0.25) is 9.69 Å². The third-order valence-electron chi connectivity index (χ3n) is 4.41. The molecular formula is C20H28FN5O2S. The molecule has 1 aliphatic rings. The number of amides is 1. The standard InChI is InChI=1S/C20H28FN5O2S/c1-20(2,3)22-17(27)14-29-19-24-23-18(15-4-6-16(21)7-5-15)26(19)9-8-25-10-12-28-13-11-25/h4-7H,8-14H2,1-3H3,(H,22,27). The topological polar surface area (TPSA) is 72.3 Å². The van der Waals surface area contributed by atoms with Gasteiger partial charge in [-0.05, 0) is 45.0 Å². The zero-order chi connectivity index (χ0) is 20.9. The molecule has 0 spiro atoms. The minimum absolute atomic E-state index is 0.0476. The molecule has 0 saturated carbocycles. The van der Waals surface area contributed by atoms with E-state index in [4.69, 9.17) is 4.74 Å². The summed E-state index contributed by atoms with van der Waals surface area (Å²) in [5.74, 6) is 0.600. The summed E-state index contributed by atoms with van der Waals surface area (Å²) in [4.78, 5) is 14.5. The van der Waals surface area contributed by atoms with Crippen LogP contribution in [-0.4, -0.2) is 69.7 Å². The van der Waals surface area contributed by atoms with E-state index in [9.17, 15) is 9.18 Å². The van der Waals surface area contributed by atoms with Gasteiger partial charge in [0.05, 0.1) is 19.0 Å². The van der Waals surface area contributed by atoms with Gasteiger partial charge in [-0.15, -0.1) is 10.2 Å². The van der Waals surface area contributed by atoms with Gasteiger partial charge in [0.15, 0.2) is 11.0 Å². The van der Waals surface area contributed by atoms with E-state index in [2.05, 4.69) is 20.4 Å². The number of rotatable bonds is 7. The van der Waals surface area contributed by atoms with E-state index in [0.29, 0.717) is 17.5 Å². The summed E-state index contributed by atoms with van der Waals surface area (Å²) in [6.07, 6.45) is 0. The first kappa shape index (κ1) is 21.7. The van der Waals surface area contributed by atoms with Gasteiger partial charge in [-0.2, -0.15) is 0 Å². The Morgan fingerprint density at radius 1 is 1.17 bits per heavy atom. The highest BCUT2D eigenvalue weighted by atomic mass is 32.2. The van der Waals surface area contributed by atoms with Crippen molar-refractivity contribution in [2.24, 2.45) is 0 Å². The summed E-state index contributed by atoms with van der Waals surface area (Å²) in [6, 6.07) is 6.23. The maximum absolute atomic E-state index is 13.3. The normalized spacial score (nSPS) is 15.4. The molecule has 0 aliphatic carbocycles. The van der Waals surface area contributed by atoms with Crippen LogP contribution in [0.25, 0.3) is 11.4 Å². The van der Waals surface area contributed by atoms with Crippen molar-refractivity contribution in [1.82, 2.24) is 25.0 Å². The fourth-order valence-electron chi connectivity index (χ4n) is 3.06. The molecule has 0 radical (unpaired) electrons. The van der Waals surface area contributed by atoms with Crippen LogP contribution in [0.1, 0.15) is 20.8 Å². The Hall–Kier alpha value is -1.97. The predicted octanol–water partition coefficient (Wildman–Crippen LogP) is 2.42. The molecule has 0 atom stereocenters. The van der Waals surface area contributed by atoms with Crippen LogP contribution in [0.4, 0.5) is 4.39 Å². The van der Waals surface area contributed by atoms with Crippen molar-refractivity contribution in [3.05, 3.63) is 30.1 Å². The highest BCUT2D eigenvalue weighted by Crippen LogP contribution is 2.24. The number of morpholine rings is 1. The lowest BCUT2D eigenvalue weighted by molar-refractivity contribution is -0.119. The van der Waals surface area contributed by atoms with Crippen molar-refractivity contribution in [2.45, 2.75) is 38.0 Å². The number of halogens is 1. The minimum atomic E-state index is -0.290. The Balaban J connectivity index is 1.75. The van der Waals surface area contributed by atoms with Crippen LogP contribution in [0.2, 0.25) is 0 Å². The molecule has 1 aromatic heterocycles. The lowest BCUT2D eigenvalue weighted by Gasteiger charge is -2.27. The van der Waals surface area contributed by atoms with Crippen LogP contribution in [0.15, 0.2) is 29.4 Å². The quantitative estimate of drug-likeness (QED) is 0.693. The summed E-state index contributed by atoms with van der Waals surface area (Å²) < 4.78 is 20.8. The first-order valence-electron chi connectivity index (χ1n) is 9.75. The third kappa shape index (κ3) is 6.52. The van der Waals surface area contributed by atoms with E-state index in [1.807, 2.05) is 25.3 Å². The molecule has 1 amide bonds. The first-order chi connectivity index (χ1) is 13.8. The molecule has 7 nitrogen and oxygen atoms in total. The van der Waals surface area contributed by atoms with E-state index in [-0.39, 0.29) is 23.0 Å². The fourth-order valence-corrected chi connectivity index (χ4v) is 3.82. The Morgan fingerprint density at radius 3 is 2.52 bits per heavy atom. The summed E-state index contributed by atoms with van der Waals surface area (Å²) in [6.45, 7) is 10.6. The Morgan fingerprint density at radius 2 is 1.86 bits per heavy atom. The van der Waals surface area contributed by atoms with E-state index in [0.717, 1.165) is 38.4 Å². The van der Waals surface area contributed by atoms with Gasteiger partial charge in [0.25, 0.3) is 0 Å². The number of ether oxygens (including phenoxy) is 1. The lowest BCUT2D eigenvalue weighted by atomic mass is 10.1. The number of hydrogen-bond acceptors (Lipinski definition) is 6. The average Bonchev–Trinajstić information content (AvgIpc) is 3.07. The van der Waals surface area contributed by atoms with Gasteiger partial charge in [-0.25, -0.2) is 4.39 Å². The number of nitrogens with zero attached hydrogens (tertiary/aromatic N) is 4. The SMILES string of the molecule is CC(C)(C)NC(=O)CSc1nnc(-c2ccc(F)cc2)n1CCN1CCOCC1. The molecule has 9 heteroatoms. The number of aromatic nitrogens is 3. The van der Waals surface area contributed by atoms with Crippen molar-refractivity contribution in [2.75, 3.05) is 38.6 Å². The number of carbonyl (C=O) groups excluding carboxylic acids is 1. The van der Waals surface area contributed by atoms with Gasteiger partial charge in [0.2, 0.25) is 5.91 Å². The Labute approximate surface area is 175 Å². The van der Waals surface area contributed by atoms with Gasteiger partial charge in [-0.1, -0.05) is 11.8 Å². The average molecular weight is 422 g/mol. The van der Waals surface area contributed by atoms with Crippen LogP contribution < -0.4 is 5.32 Å². The number of hydrogen-bond donors (Lipinski definition) is 1. The van der Waals surface area contributed by atoms with E-state index in [1.54, 1.807) is 12.1 Å². The molecule has 0 bridgehead atoms. The minimum Gasteiger partial charge on any atom is -0.379 e. The van der Waals surface area contributed by atoms with Crippen molar-refractivity contribution < 1.29 is 13.9 Å². The molecule has 29 heavy (non-hydrogen) atoms. The monoisotopic (exact) mass is 421 g/mol. The zero-order valence-corrected chi connectivity index (χ0v) is 18.0. The fraction of sp³-hybridized carbons (Fsp3) is 0.550. The molecule has 2 heterocycles. The highest BCUT2D eigenvalue weighted by Gasteiger charge is 2.19. The van der Waals surface area contributed by atoms with E-state index >= 15 is 0 Å². The molecule has 3 rings (SSSR count). The number of thioether (sulfide) groups is 1. The predicted molar refractivity (Wildman–Crippen MR) is 111 cm³/mol. The van der Waals surface area contributed by atoms with E-state index < -0.39 is 0 Å². The van der Waals surface area contributed by atoms with Crippen LogP contribution in [0.3, 0.4) is 0 Å². The largest absolute Gasteiger partial charge is 0.379 e. The molecule has 1 N–H and O–H groups in total. The Bertz CT molecular complexity index is 813. The molecule has 0 unspecified atom stereocenters. The molecule has 1 fully saturated rings. The molecule has 1 saturated heterocycles. The second-order valence-electron chi connectivity index (χ2n) is 8.01. The van der Waals surface area contributed by atoms with Crippen molar-refractivity contribution in [3.63, 3.8) is 0 Å². The van der Waals surface area contributed by atoms with Gasteiger partial charge in [0, 0.05) is 37.3 Å². The first-order valence-corrected chi connectivity index (χ1v) is 10.7. The van der Waals surface area contributed by atoms with E-state index in [1.165, 1.54) is 23.9 Å². The van der Waals surface area contributed by atoms with Crippen LogP contribution in [0.5, 0.6) is 0 Å². The number of carbonyl (C=O) groups is 1. The molecule has 2 aromatic rings. The molecular weight excluding hydrogens is 393 g/mol. The highest BCUT2D eigenvalue weighted by molar-refractivity contribution is 7.99. The van der Waals surface area contributed by atoms with Crippen molar-refractivity contribution >= 4 is 17.7 Å². The van der Waals surface area contributed by atoms with Crippen LogP contribution in [0, 0.1) is 5.82 Å². The number of benzene rings is 1. The summed E-state index contributed by atoms with van der Waals surface area (Å²) in [7, 11) is 0. The van der Waals surface area contributed by atoms with Crippen molar-refractivity contribution in [3.8, 4) is 11.4 Å². The third-order valence-corrected chi connectivity index (χ3v) is 5.38. The summed E-state index contributed by atoms with van der Waals surface area (Å²) in [5.41, 5.74) is 0.521. The molecule has 1 aromatic carbocycles. The van der Waals surface area contributed by atoms with Crippen LogP contribution in [-0.2, 0) is 16.1 Å². The molecule has 158 valence electrons. The molecule has 1 aliphatic heterocycles. The van der Waals surface area contributed by atoms with Crippen LogP contribution >= 0.6 is 11.8 Å². The number of nitrogens with one attached hydrogen (secondary N) is 1. The van der Waals surface area contributed by atoms with Gasteiger partial charge in [0.1, 0.15) is 5.82 Å².